The molecule has 112 valence electrons. The lowest BCUT2D eigenvalue weighted by Gasteiger charge is -2.22. The van der Waals surface area contributed by atoms with Crippen molar-refractivity contribution in [1.29, 1.82) is 5.26 Å². The molecule has 1 aliphatic heterocycles. The van der Waals surface area contributed by atoms with Crippen LogP contribution in [0.25, 0.3) is 0 Å². The number of nitriles is 1. The van der Waals surface area contributed by atoms with E-state index in [4.69, 9.17) is 14.7 Å². The van der Waals surface area contributed by atoms with E-state index >= 15 is 0 Å². The van der Waals surface area contributed by atoms with E-state index < -0.39 is 0 Å². The molecular formula is C16H20N2O3. The zero-order valence-electron chi connectivity index (χ0n) is 12.0. The number of anilines is 1. The first-order valence-electron chi connectivity index (χ1n) is 7.29. The Kier molecular flexibility index (Phi) is 6.04. The summed E-state index contributed by atoms with van der Waals surface area (Å²) in [7, 11) is 0. The lowest BCUT2D eigenvalue weighted by atomic mass is 10.0. The van der Waals surface area contributed by atoms with Crippen molar-refractivity contribution in [3.05, 3.63) is 24.3 Å². The Morgan fingerprint density at radius 3 is 2.86 bits per heavy atom. The van der Waals surface area contributed by atoms with Crippen molar-refractivity contribution in [1.82, 2.24) is 0 Å². The molecule has 1 atom stereocenters. The molecule has 1 aromatic rings. The van der Waals surface area contributed by atoms with Gasteiger partial charge >= 0.3 is 0 Å². The van der Waals surface area contributed by atoms with E-state index in [1.54, 1.807) is 24.3 Å². The number of rotatable bonds is 6. The molecule has 1 aromatic carbocycles. The number of hydrogen-bond donors (Lipinski definition) is 1. The Morgan fingerprint density at radius 2 is 2.19 bits per heavy atom. The van der Waals surface area contributed by atoms with Crippen LogP contribution in [0.3, 0.4) is 0 Å². The topological polar surface area (TPSA) is 71.3 Å². The van der Waals surface area contributed by atoms with E-state index in [1.807, 2.05) is 6.07 Å². The third kappa shape index (κ3) is 5.44. The van der Waals surface area contributed by atoms with Crippen LogP contribution in [0, 0.1) is 11.3 Å². The molecule has 5 nitrogen and oxygen atoms in total. The van der Waals surface area contributed by atoms with Crippen LogP contribution in [-0.4, -0.2) is 25.2 Å². The van der Waals surface area contributed by atoms with Gasteiger partial charge in [0, 0.05) is 18.7 Å². The van der Waals surface area contributed by atoms with Crippen molar-refractivity contribution in [2.45, 2.75) is 38.2 Å². The summed E-state index contributed by atoms with van der Waals surface area (Å²) in [6, 6.07) is 8.90. The van der Waals surface area contributed by atoms with Gasteiger partial charge in [0.1, 0.15) is 11.8 Å². The van der Waals surface area contributed by atoms with E-state index in [0.29, 0.717) is 12.2 Å². The zero-order chi connectivity index (χ0) is 14.9. The summed E-state index contributed by atoms with van der Waals surface area (Å²) in [5, 5.41) is 11.3. The first-order chi connectivity index (χ1) is 10.3. The average Bonchev–Trinajstić information content (AvgIpc) is 2.53. The summed E-state index contributed by atoms with van der Waals surface area (Å²) >= 11 is 0. The van der Waals surface area contributed by atoms with Gasteiger partial charge < -0.3 is 14.8 Å². The standard InChI is InChI=1S/C16H20N2O3/c17-10-12-21-15-6-4-13(5-7-15)18-16(19)9-8-14-3-1-2-11-20-14/h4-7,14H,1-3,8-9,11-12H2,(H,18,19). The number of hydrogen-bond acceptors (Lipinski definition) is 4. The van der Waals surface area contributed by atoms with Gasteiger partial charge in [-0.05, 0) is 49.9 Å². The van der Waals surface area contributed by atoms with Gasteiger partial charge in [0.15, 0.2) is 6.61 Å². The lowest BCUT2D eigenvalue weighted by molar-refractivity contribution is -0.117. The van der Waals surface area contributed by atoms with Gasteiger partial charge in [-0.15, -0.1) is 0 Å². The molecule has 1 heterocycles. The Hall–Kier alpha value is -2.06. The molecule has 5 heteroatoms. The highest BCUT2D eigenvalue weighted by atomic mass is 16.5. The van der Waals surface area contributed by atoms with Gasteiger partial charge in [-0.25, -0.2) is 0 Å². The first-order valence-corrected chi connectivity index (χ1v) is 7.29. The van der Waals surface area contributed by atoms with Gasteiger partial charge in [-0.1, -0.05) is 0 Å². The molecule has 1 saturated heterocycles. The molecular weight excluding hydrogens is 268 g/mol. The Balaban J connectivity index is 1.73. The molecule has 0 spiro atoms. The van der Waals surface area contributed by atoms with Crippen LogP contribution < -0.4 is 10.1 Å². The maximum atomic E-state index is 11.9. The maximum absolute atomic E-state index is 11.9. The summed E-state index contributed by atoms with van der Waals surface area (Å²) in [6.45, 7) is 0.837. The van der Waals surface area contributed by atoms with E-state index in [0.717, 1.165) is 31.6 Å². The van der Waals surface area contributed by atoms with Crippen LogP contribution in [0.1, 0.15) is 32.1 Å². The van der Waals surface area contributed by atoms with E-state index in [-0.39, 0.29) is 18.6 Å². The van der Waals surface area contributed by atoms with Gasteiger partial charge in [0.05, 0.1) is 6.10 Å². The average molecular weight is 288 g/mol. The van der Waals surface area contributed by atoms with E-state index in [1.165, 1.54) is 6.42 Å². The predicted molar refractivity (Wildman–Crippen MR) is 79.0 cm³/mol. The zero-order valence-corrected chi connectivity index (χ0v) is 12.0. The van der Waals surface area contributed by atoms with E-state index in [2.05, 4.69) is 5.32 Å². The molecule has 2 rings (SSSR count). The van der Waals surface area contributed by atoms with Crippen molar-refractivity contribution >= 4 is 11.6 Å². The molecule has 0 aliphatic carbocycles. The quantitative estimate of drug-likeness (QED) is 0.873. The molecule has 21 heavy (non-hydrogen) atoms. The third-order valence-corrected chi connectivity index (χ3v) is 3.41. The summed E-state index contributed by atoms with van der Waals surface area (Å²) in [4.78, 5) is 11.9. The monoisotopic (exact) mass is 288 g/mol. The number of nitrogens with zero attached hydrogens (tertiary/aromatic N) is 1. The van der Waals surface area contributed by atoms with E-state index in [9.17, 15) is 4.79 Å². The molecule has 1 fully saturated rings. The maximum Gasteiger partial charge on any atom is 0.224 e. The van der Waals surface area contributed by atoms with Crippen LogP contribution in [0.2, 0.25) is 0 Å². The molecule has 1 aliphatic rings. The third-order valence-electron chi connectivity index (χ3n) is 3.41. The highest BCUT2D eigenvalue weighted by Gasteiger charge is 2.15. The normalized spacial score (nSPS) is 17.8. The van der Waals surface area contributed by atoms with Crippen molar-refractivity contribution in [3.63, 3.8) is 0 Å². The second kappa shape index (κ2) is 8.28. The minimum atomic E-state index is -0.00475. The number of carbonyl (C=O) groups is 1. The van der Waals surface area contributed by atoms with Crippen molar-refractivity contribution in [2.24, 2.45) is 0 Å². The molecule has 0 radical (unpaired) electrons. The minimum absolute atomic E-state index is 0.00475. The van der Waals surface area contributed by atoms with Gasteiger partial charge in [0.25, 0.3) is 0 Å². The van der Waals surface area contributed by atoms with Gasteiger partial charge in [-0.2, -0.15) is 5.26 Å². The lowest BCUT2D eigenvalue weighted by Crippen LogP contribution is -2.21. The SMILES string of the molecule is N#CCOc1ccc(NC(=O)CCC2CCCCO2)cc1. The molecule has 1 unspecified atom stereocenters. The summed E-state index contributed by atoms with van der Waals surface area (Å²) in [5.74, 6) is 0.611. The second-order valence-electron chi connectivity index (χ2n) is 5.05. The largest absolute Gasteiger partial charge is 0.479 e. The fourth-order valence-corrected chi connectivity index (χ4v) is 2.30. The number of benzene rings is 1. The Labute approximate surface area is 124 Å². The first kappa shape index (κ1) is 15.3. The fourth-order valence-electron chi connectivity index (χ4n) is 2.30. The van der Waals surface area contributed by atoms with Gasteiger partial charge in [0.2, 0.25) is 5.91 Å². The van der Waals surface area contributed by atoms with Crippen molar-refractivity contribution in [3.8, 4) is 11.8 Å². The van der Waals surface area contributed by atoms with Crippen LogP contribution in [-0.2, 0) is 9.53 Å². The Morgan fingerprint density at radius 1 is 1.38 bits per heavy atom. The van der Waals surface area contributed by atoms with Crippen molar-refractivity contribution < 1.29 is 14.3 Å². The van der Waals surface area contributed by atoms with Crippen molar-refractivity contribution in [2.75, 3.05) is 18.5 Å². The molecule has 0 aromatic heterocycles. The predicted octanol–water partition coefficient (Wildman–Crippen LogP) is 2.88. The number of amides is 1. The van der Waals surface area contributed by atoms with Crippen LogP contribution in [0.5, 0.6) is 5.75 Å². The molecule has 1 amide bonds. The minimum Gasteiger partial charge on any atom is -0.479 e. The summed E-state index contributed by atoms with van der Waals surface area (Å²) in [6.07, 6.45) is 4.84. The smallest absolute Gasteiger partial charge is 0.224 e. The fraction of sp³-hybridized carbons (Fsp3) is 0.500. The molecule has 1 N–H and O–H groups in total. The summed E-state index contributed by atoms with van der Waals surface area (Å²) in [5.41, 5.74) is 0.730. The number of nitrogens with one attached hydrogen (secondary N) is 1. The highest BCUT2D eigenvalue weighted by Crippen LogP contribution is 2.18. The second-order valence-corrected chi connectivity index (χ2v) is 5.05. The number of ether oxygens (including phenoxy) is 2. The van der Waals surface area contributed by atoms with Crippen LogP contribution >= 0.6 is 0 Å². The summed E-state index contributed by atoms with van der Waals surface area (Å²) < 4.78 is 10.8. The molecule has 0 bridgehead atoms. The highest BCUT2D eigenvalue weighted by molar-refractivity contribution is 5.90. The van der Waals surface area contributed by atoms with Crippen LogP contribution in [0.15, 0.2) is 24.3 Å². The van der Waals surface area contributed by atoms with Crippen LogP contribution in [0.4, 0.5) is 5.69 Å². The Bertz CT molecular complexity index is 487. The molecule has 0 saturated carbocycles. The van der Waals surface area contributed by atoms with Gasteiger partial charge in [-0.3, -0.25) is 4.79 Å². The number of carbonyl (C=O) groups excluding carboxylic acids is 1.